The van der Waals surface area contributed by atoms with Crippen LogP contribution in [0.25, 0.3) is 0 Å². The van der Waals surface area contributed by atoms with Gasteiger partial charge in [-0.1, -0.05) is 73.4 Å². The molecule has 0 amide bonds. The van der Waals surface area contributed by atoms with Crippen LogP contribution in [0.1, 0.15) is 51.2 Å². The molecule has 0 radical (unpaired) electrons. The summed E-state index contributed by atoms with van der Waals surface area (Å²) in [5.74, 6) is 0. The van der Waals surface area contributed by atoms with Crippen molar-refractivity contribution < 1.29 is 0 Å². The lowest BCUT2D eigenvalue weighted by Gasteiger charge is -2.11. The molecule has 0 bridgehead atoms. The predicted octanol–water partition coefficient (Wildman–Crippen LogP) is 6.78. The average Bonchev–Trinajstić information content (AvgIpc) is 2.72. The molecule has 1 aromatic carbocycles. The Morgan fingerprint density at radius 3 is 2.53 bits per heavy atom. The summed E-state index contributed by atoms with van der Waals surface area (Å²) in [6.07, 6.45) is 9.14. The largest absolute Gasteiger partial charge is 0.385 e. The SMILES string of the molecule is C=C(CCN=C(/C=C(\C)C(=C)CCC)c1ccc(C)cc1)NCC1=CC(C)=C=C=C1. The Kier molecular flexibility index (Phi) is 9.16. The molecule has 30 heavy (non-hydrogen) atoms. The van der Waals surface area contributed by atoms with Gasteiger partial charge in [-0.2, -0.15) is 0 Å². The van der Waals surface area contributed by atoms with Crippen molar-refractivity contribution in [2.24, 2.45) is 4.99 Å². The number of hydrogen-bond donors (Lipinski definition) is 1. The molecular weight excluding hydrogens is 364 g/mol. The van der Waals surface area contributed by atoms with Crippen LogP contribution in [0.3, 0.4) is 0 Å². The van der Waals surface area contributed by atoms with Crippen LogP contribution >= 0.6 is 0 Å². The first-order chi connectivity index (χ1) is 14.4. The lowest BCUT2D eigenvalue weighted by molar-refractivity contribution is 0.801. The minimum Gasteiger partial charge on any atom is -0.385 e. The smallest absolute Gasteiger partial charge is 0.0649 e. The van der Waals surface area contributed by atoms with E-state index in [1.54, 1.807) is 0 Å². The lowest BCUT2D eigenvalue weighted by Crippen LogP contribution is -2.16. The van der Waals surface area contributed by atoms with E-state index in [0.29, 0.717) is 6.54 Å². The lowest BCUT2D eigenvalue weighted by atomic mass is 10.0. The topological polar surface area (TPSA) is 24.4 Å². The minimum atomic E-state index is 0.687. The highest BCUT2D eigenvalue weighted by Gasteiger charge is 2.04. The van der Waals surface area contributed by atoms with Crippen LogP contribution in [0.15, 0.2) is 100 Å². The summed E-state index contributed by atoms with van der Waals surface area (Å²) in [6.45, 7) is 18.2. The van der Waals surface area contributed by atoms with Crippen molar-refractivity contribution in [3.63, 3.8) is 0 Å². The van der Waals surface area contributed by atoms with E-state index in [0.717, 1.165) is 48.4 Å². The van der Waals surface area contributed by atoms with Crippen molar-refractivity contribution in [2.75, 3.05) is 13.1 Å². The number of hydrogen-bond acceptors (Lipinski definition) is 2. The summed E-state index contributed by atoms with van der Waals surface area (Å²) in [6, 6.07) is 8.54. The zero-order chi connectivity index (χ0) is 21.9. The number of nitrogens with zero attached hydrogens (tertiary/aromatic N) is 1. The highest BCUT2D eigenvalue weighted by atomic mass is 14.9. The first kappa shape index (κ1) is 23.2. The van der Waals surface area contributed by atoms with Gasteiger partial charge in [0.25, 0.3) is 0 Å². The Balaban J connectivity index is 2.03. The molecule has 1 aliphatic rings. The van der Waals surface area contributed by atoms with Crippen molar-refractivity contribution in [1.82, 2.24) is 5.32 Å². The molecule has 2 rings (SSSR count). The summed E-state index contributed by atoms with van der Waals surface area (Å²) in [5, 5.41) is 3.40. The maximum absolute atomic E-state index is 4.90. The maximum Gasteiger partial charge on any atom is 0.0649 e. The molecule has 2 nitrogen and oxygen atoms in total. The molecule has 0 saturated heterocycles. The molecule has 2 heteroatoms. The average molecular weight is 399 g/mol. The van der Waals surface area contributed by atoms with E-state index in [1.165, 1.54) is 22.3 Å². The summed E-state index contributed by atoms with van der Waals surface area (Å²) >= 11 is 0. The maximum atomic E-state index is 4.90. The summed E-state index contributed by atoms with van der Waals surface area (Å²) in [5.41, 5.74) is 15.1. The van der Waals surface area contributed by atoms with Crippen LogP contribution in [-0.2, 0) is 0 Å². The van der Waals surface area contributed by atoms with Crippen LogP contribution in [0, 0.1) is 6.92 Å². The van der Waals surface area contributed by atoms with Gasteiger partial charge in [-0.15, -0.1) is 0 Å². The number of aliphatic imine (C=N–C) groups is 1. The number of allylic oxidation sites excluding steroid dienone is 5. The number of aryl methyl sites for hydroxylation is 1. The summed E-state index contributed by atoms with van der Waals surface area (Å²) in [4.78, 5) is 4.90. The third-order valence-corrected chi connectivity index (χ3v) is 4.98. The second kappa shape index (κ2) is 11.8. The van der Waals surface area contributed by atoms with E-state index < -0.39 is 0 Å². The molecular formula is C28H34N2. The minimum absolute atomic E-state index is 0.687. The van der Waals surface area contributed by atoms with Gasteiger partial charge < -0.3 is 5.32 Å². The second-order valence-corrected chi connectivity index (χ2v) is 7.84. The van der Waals surface area contributed by atoms with Crippen molar-refractivity contribution in [1.29, 1.82) is 0 Å². The molecule has 156 valence electrons. The van der Waals surface area contributed by atoms with Crippen molar-refractivity contribution in [3.8, 4) is 0 Å². The van der Waals surface area contributed by atoms with E-state index in [4.69, 9.17) is 4.99 Å². The zero-order valence-electron chi connectivity index (χ0n) is 18.9. The quantitative estimate of drug-likeness (QED) is 0.248. The third-order valence-electron chi connectivity index (χ3n) is 4.98. The summed E-state index contributed by atoms with van der Waals surface area (Å²) in [7, 11) is 0. The Bertz CT molecular complexity index is 968. The Morgan fingerprint density at radius 2 is 1.87 bits per heavy atom. The van der Waals surface area contributed by atoms with Crippen LogP contribution in [0.2, 0.25) is 0 Å². The molecule has 0 heterocycles. The Hall–Kier alpha value is -3.05. The molecule has 0 unspecified atom stereocenters. The van der Waals surface area contributed by atoms with E-state index >= 15 is 0 Å². The first-order valence-corrected chi connectivity index (χ1v) is 10.7. The van der Waals surface area contributed by atoms with Gasteiger partial charge in [0.2, 0.25) is 0 Å². The van der Waals surface area contributed by atoms with Gasteiger partial charge in [-0.25, -0.2) is 0 Å². The van der Waals surface area contributed by atoms with Crippen LogP contribution in [-0.4, -0.2) is 18.8 Å². The number of benzene rings is 1. The molecule has 0 aromatic heterocycles. The molecule has 0 spiro atoms. The fourth-order valence-electron chi connectivity index (χ4n) is 3.08. The molecule has 0 saturated carbocycles. The van der Waals surface area contributed by atoms with E-state index in [1.807, 2.05) is 13.0 Å². The molecule has 0 aliphatic heterocycles. The molecule has 0 atom stereocenters. The highest BCUT2D eigenvalue weighted by molar-refractivity contribution is 6.09. The third kappa shape index (κ3) is 7.76. The van der Waals surface area contributed by atoms with Gasteiger partial charge in [0, 0.05) is 25.2 Å². The zero-order valence-corrected chi connectivity index (χ0v) is 18.9. The van der Waals surface area contributed by atoms with Crippen LogP contribution in [0.5, 0.6) is 0 Å². The van der Waals surface area contributed by atoms with Crippen molar-refractivity contribution in [3.05, 3.63) is 106 Å². The Morgan fingerprint density at radius 1 is 1.13 bits per heavy atom. The predicted molar refractivity (Wildman–Crippen MR) is 131 cm³/mol. The van der Waals surface area contributed by atoms with Gasteiger partial charge in [0.15, 0.2) is 0 Å². The monoisotopic (exact) mass is 398 g/mol. The fraction of sp³-hybridized carbons (Fsp3) is 0.321. The summed E-state index contributed by atoms with van der Waals surface area (Å²) < 4.78 is 0. The fourth-order valence-corrected chi connectivity index (χ4v) is 3.08. The van der Waals surface area contributed by atoms with Gasteiger partial charge in [0.1, 0.15) is 0 Å². The molecule has 1 N–H and O–H groups in total. The van der Waals surface area contributed by atoms with E-state index in [-0.39, 0.29) is 0 Å². The molecule has 1 aliphatic carbocycles. The van der Waals surface area contributed by atoms with E-state index in [9.17, 15) is 0 Å². The second-order valence-electron chi connectivity index (χ2n) is 7.84. The van der Waals surface area contributed by atoms with Crippen molar-refractivity contribution in [2.45, 2.75) is 47.0 Å². The number of rotatable bonds is 11. The first-order valence-electron chi connectivity index (χ1n) is 10.7. The van der Waals surface area contributed by atoms with E-state index in [2.05, 4.69) is 87.1 Å². The molecule has 1 aromatic rings. The molecule has 0 fully saturated rings. The number of nitrogens with one attached hydrogen (secondary N) is 1. The van der Waals surface area contributed by atoms with Crippen LogP contribution in [0.4, 0.5) is 0 Å². The van der Waals surface area contributed by atoms with Gasteiger partial charge in [-0.05, 0) is 67.7 Å². The highest BCUT2D eigenvalue weighted by Crippen LogP contribution is 2.16. The normalized spacial score (nSPS) is 13.7. The van der Waals surface area contributed by atoms with Gasteiger partial charge >= 0.3 is 0 Å². The van der Waals surface area contributed by atoms with Crippen molar-refractivity contribution >= 4 is 5.71 Å². The van der Waals surface area contributed by atoms with Gasteiger partial charge in [-0.3, -0.25) is 4.99 Å². The Labute approximate surface area is 182 Å². The van der Waals surface area contributed by atoms with Gasteiger partial charge in [0.05, 0.1) is 5.71 Å². The standard InChI is InChI=1S/C28H34N2/c1-7-9-23(4)24(5)19-28(27-14-12-21(2)13-15-27)29-17-16-25(6)30-20-26-11-8-10-22(3)18-26/h11-15,18-19,30H,4,6-7,9,16-17,20H2,1-3,5H3/b24-19+,29-28?. The van der Waals surface area contributed by atoms with Crippen LogP contribution < -0.4 is 5.32 Å².